The Labute approximate surface area is 127 Å². The molecule has 0 aromatic rings. The molecule has 20 heavy (non-hydrogen) atoms. The minimum Gasteiger partial charge on any atom is -0.370 e. The highest BCUT2D eigenvalue weighted by molar-refractivity contribution is 6.26. The number of alkyl halides is 1. The summed E-state index contributed by atoms with van der Waals surface area (Å²) < 4.78 is 6.17. The van der Waals surface area contributed by atoms with Crippen LogP contribution in [0.3, 0.4) is 0 Å². The van der Waals surface area contributed by atoms with E-state index in [0.717, 1.165) is 6.42 Å². The Bertz CT molecular complexity index is 401. The quantitative estimate of drug-likeness (QED) is 0.625. The number of hydrogen-bond acceptors (Lipinski definition) is 2. The lowest BCUT2D eigenvalue weighted by molar-refractivity contribution is -0.120. The van der Waals surface area contributed by atoms with Gasteiger partial charge in [0.05, 0.1) is 18.2 Å². The van der Waals surface area contributed by atoms with Gasteiger partial charge in [0.25, 0.3) is 0 Å². The maximum absolute atomic E-state index is 11.5. The Hall–Kier alpha value is -0.760. The van der Waals surface area contributed by atoms with Crippen LogP contribution >= 0.6 is 11.6 Å². The fourth-order valence-electron chi connectivity index (χ4n) is 2.91. The SMILES string of the molecule is C=C=C[C@]1(Cl)[C@H](C(C)C)O[C@H](CC(C)C)[C@@H]1NC(C)=O. The van der Waals surface area contributed by atoms with Gasteiger partial charge in [-0.2, -0.15) is 0 Å². The minimum atomic E-state index is -0.791. The van der Waals surface area contributed by atoms with Gasteiger partial charge in [0, 0.05) is 6.92 Å². The Morgan fingerprint density at radius 2 is 2.10 bits per heavy atom. The van der Waals surface area contributed by atoms with Crippen molar-refractivity contribution >= 4 is 17.5 Å². The van der Waals surface area contributed by atoms with Crippen molar-refractivity contribution in [3.8, 4) is 0 Å². The maximum atomic E-state index is 11.5. The van der Waals surface area contributed by atoms with Crippen molar-refractivity contribution < 1.29 is 9.53 Å². The molecular weight excluding hydrogens is 274 g/mol. The van der Waals surface area contributed by atoms with Crippen molar-refractivity contribution in [3.05, 3.63) is 18.4 Å². The number of halogens is 1. The second-order valence-electron chi connectivity index (χ2n) is 6.32. The Morgan fingerprint density at radius 1 is 1.50 bits per heavy atom. The first-order valence-electron chi connectivity index (χ1n) is 7.20. The number of nitrogens with one attached hydrogen (secondary N) is 1. The summed E-state index contributed by atoms with van der Waals surface area (Å²) in [5.74, 6) is 0.612. The molecule has 3 nitrogen and oxygen atoms in total. The highest BCUT2D eigenvalue weighted by Gasteiger charge is 2.55. The normalized spacial score (nSPS) is 33.3. The van der Waals surface area contributed by atoms with Crippen LogP contribution in [0.2, 0.25) is 0 Å². The molecule has 114 valence electrons. The summed E-state index contributed by atoms with van der Waals surface area (Å²) in [4.78, 5) is 10.7. The summed E-state index contributed by atoms with van der Waals surface area (Å²) in [7, 11) is 0. The average Bonchev–Trinajstić information content (AvgIpc) is 2.53. The van der Waals surface area contributed by atoms with Crippen molar-refractivity contribution in [1.82, 2.24) is 5.32 Å². The molecule has 0 saturated carbocycles. The van der Waals surface area contributed by atoms with Gasteiger partial charge in [-0.05, 0) is 24.3 Å². The maximum Gasteiger partial charge on any atom is 0.217 e. The van der Waals surface area contributed by atoms with Gasteiger partial charge in [0.2, 0.25) is 5.91 Å². The van der Waals surface area contributed by atoms with Crippen LogP contribution in [0, 0.1) is 11.8 Å². The molecule has 0 unspecified atom stereocenters. The van der Waals surface area contributed by atoms with E-state index in [1.807, 2.05) is 0 Å². The molecule has 1 aliphatic heterocycles. The van der Waals surface area contributed by atoms with Crippen LogP contribution in [0.5, 0.6) is 0 Å². The first-order chi connectivity index (χ1) is 9.22. The predicted octanol–water partition coefficient (Wildman–Crippen LogP) is 3.28. The van der Waals surface area contributed by atoms with E-state index in [1.54, 1.807) is 6.08 Å². The standard InChI is InChI=1S/C16H26ClNO2/c1-7-8-16(17)14(18-12(6)19)13(9-10(2)3)20-15(16)11(4)5/h8,10-11,13-15H,1,9H2,2-6H3,(H,18,19)/t13-,14+,15+,16-/m1/s1. The third-order valence-electron chi connectivity index (χ3n) is 3.60. The largest absolute Gasteiger partial charge is 0.370 e. The summed E-state index contributed by atoms with van der Waals surface area (Å²) >= 11 is 6.82. The lowest BCUT2D eigenvalue weighted by Gasteiger charge is -2.31. The third-order valence-corrected chi connectivity index (χ3v) is 4.16. The van der Waals surface area contributed by atoms with Crippen LogP contribution in [-0.4, -0.2) is 29.0 Å². The van der Waals surface area contributed by atoms with E-state index in [4.69, 9.17) is 16.3 Å². The van der Waals surface area contributed by atoms with Crippen LogP contribution < -0.4 is 5.32 Å². The zero-order chi connectivity index (χ0) is 15.5. The van der Waals surface area contributed by atoms with Crippen molar-refractivity contribution in [2.24, 2.45) is 11.8 Å². The van der Waals surface area contributed by atoms with Gasteiger partial charge in [-0.1, -0.05) is 34.3 Å². The Kier molecular flexibility index (Phi) is 5.88. The van der Waals surface area contributed by atoms with E-state index in [1.165, 1.54) is 6.92 Å². The summed E-state index contributed by atoms with van der Waals surface area (Å²) in [6.45, 7) is 13.5. The molecule has 1 N–H and O–H groups in total. The molecule has 1 heterocycles. The lowest BCUT2D eigenvalue weighted by atomic mass is 9.85. The molecule has 1 aliphatic rings. The van der Waals surface area contributed by atoms with Crippen molar-refractivity contribution in [2.45, 2.75) is 64.2 Å². The van der Waals surface area contributed by atoms with E-state index in [0.29, 0.717) is 5.92 Å². The number of hydrogen-bond donors (Lipinski definition) is 1. The van der Waals surface area contributed by atoms with Gasteiger partial charge >= 0.3 is 0 Å². The van der Waals surface area contributed by atoms with E-state index < -0.39 is 4.87 Å². The van der Waals surface area contributed by atoms with Gasteiger partial charge in [0.1, 0.15) is 4.87 Å². The molecule has 4 heteroatoms. The highest BCUT2D eigenvalue weighted by Crippen LogP contribution is 2.43. The van der Waals surface area contributed by atoms with Crippen LogP contribution in [0.25, 0.3) is 0 Å². The molecule has 0 aromatic heterocycles. The number of amides is 1. The molecule has 0 bridgehead atoms. The van der Waals surface area contributed by atoms with Gasteiger partial charge in [-0.3, -0.25) is 4.79 Å². The van der Waals surface area contributed by atoms with Crippen molar-refractivity contribution in [3.63, 3.8) is 0 Å². The van der Waals surface area contributed by atoms with E-state index in [9.17, 15) is 4.79 Å². The molecular formula is C16H26ClNO2. The van der Waals surface area contributed by atoms with Gasteiger partial charge in [-0.25, -0.2) is 0 Å². The minimum absolute atomic E-state index is 0.0894. The number of rotatable bonds is 5. The monoisotopic (exact) mass is 299 g/mol. The first kappa shape index (κ1) is 17.3. The topological polar surface area (TPSA) is 38.3 Å². The second-order valence-corrected chi connectivity index (χ2v) is 6.98. The molecule has 1 amide bonds. The second kappa shape index (κ2) is 6.80. The molecule has 0 radical (unpaired) electrons. The Morgan fingerprint density at radius 3 is 2.50 bits per heavy atom. The third kappa shape index (κ3) is 3.66. The van der Waals surface area contributed by atoms with Gasteiger partial charge < -0.3 is 10.1 Å². The fourth-order valence-corrected chi connectivity index (χ4v) is 3.48. The Balaban J connectivity index is 3.16. The lowest BCUT2D eigenvalue weighted by Crippen LogP contribution is -2.53. The first-order valence-corrected chi connectivity index (χ1v) is 7.58. The molecule has 4 atom stereocenters. The van der Waals surface area contributed by atoms with Crippen LogP contribution in [0.4, 0.5) is 0 Å². The molecule has 1 rings (SSSR count). The van der Waals surface area contributed by atoms with Crippen LogP contribution in [0.1, 0.15) is 41.0 Å². The van der Waals surface area contributed by atoms with Gasteiger partial charge in [-0.15, -0.1) is 17.3 Å². The van der Waals surface area contributed by atoms with E-state index in [2.05, 4.69) is 45.3 Å². The summed E-state index contributed by atoms with van der Waals surface area (Å²) in [6.07, 6.45) is 2.33. The predicted molar refractivity (Wildman–Crippen MR) is 82.9 cm³/mol. The van der Waals surface area contributed by atoms with E-state index in [-0.39, 0.29) is 30.1 Å². The van der Waals surface area contributed by atoms with Gasteiger partial charge in [0.15, 0.2) is 0 Å². The zero-order valence-corrected chi connectivity index (χ0v) is 13.8. The zero-order valence-electron chi connectivity index (χ0n) is 13.1. The average molecular weight is 300 g/mol. The number of carbonyl (C=O) groups is 1. The highest BCUT2D eigenvalue weighted by atomic mass is 35.5. The van der Waals surface area contributed by atoms with Crippen molar-refractivity contribution in [1.29, 1.82) is 0 Å². The smallest absolute Gasteiger partial charge is 0.217 e. The summed E-state index contributed by atoms with van der Waals surface area (Å²) in [5, 5.41) is 2.96. The van der Waals surface area contributed by atoms with Crippen LogP contribution in [0.15, 0.2) is 18.4 Å². The molecule has 0 aromatic carbocycles. The number of ether oxygens (including phenoxy) is 1. The van der Waals surface area contributed by atoms with E-state index >= 15 is 0 Å². The van der Waals surface area contributed by atoms with Crippen molar-refractivity contribution in [2.75, 3.05) is 0 Å². The molecule has 0 aliphatic carbocycles. The summed E-state index contributed by atoms with van der Waals surface area (Å²) in [6, 6.07) is -0.259. The summed E-state index contributed by atoms with van der Waals surface area (Å²) in [5.41, 5.74) is 2.77. The molecule has 1 saturated heterocycles. The molecule has 1 fully saturated rings. The fraction of sp³-hybridized carbons (Fsp3) is 0.750. The number of carbonyl (C=O) groups excluding carboxylic acids is 1. The molecule has 0 spiro atoms. The van der Waals surface area contributed by atoms with Crippen LogP contribution in [-0.2, 0) is 9.53 Å².